The van der Waals surface area contributed by atoms with Crippen molar-refractivity contribution in [2.45, 2.75) is 50.7 Å². The standard InChI is InChI=1S/C13H26N2O/c1-14-9-12(16)10-15-8-4-6-11-5-2-3-7-13(11)15/h11-14,16H,2-10H2,1H3/t11-,12?,13-/m1/s1. The minimum Gasteiger partial charge on any atom is -0.390 e. The van der Waals surface area contributed by atoms with E-state index < -0.39 is 0 Å². The molecule has 0 bridgehead atoms. The van der Waals surface area contributed by atoms with Gasteiger partial charge in [-0.05, 0) is 45.2 Å². The first-order valence-corrected chi connectivity index (χ1v) is 6.88. The Morgan fingerprint density at radius 2 is 2.00 bits per heavy atom. The molecule has 94 valence electrons. The highest BCUT2D eigenvalue weighted by Gasteiger charge is 2.33. The van der Waals surface area contributed by atoms with Gasteiger partial charge in [-0.2, -0.15) is 0 Å². The molecule has 1 heterocycles. The lowest BCUT2D eigenvalue weighted by atomic mass is 9.78. The van der Waals surface area contributed by atoms with Crippen LogP contribution < -0.4 is 5.32 Å². The quantitative estimate of drug-likeness (QED) is 0.756. The molecule has 1 unspecified atom stereocenters. The van der Waals surface area contributed by atoms with E-state index >= 15 is 0 Å². The highest BCUT2D eigenvalue weighted by molar-refractivity contribution is 4.88. The fraction of sp³-hybridized carbons (Fsp3) is 1.00. The number of β-amino-alcohol motifs (C(OH)–C–C–N with tert-alkyl or cyclic N) is 1. The van der Waals surface area contributed by atoms with Gasteiger partial charge in [0.15, 0.2) is 0 Å². The number of hydrogen-bond donors (Lipinski definition) is 2. The van der Waals surface area contributed by atoms with E-state index in [9.17, 15) is 5.11 Å². The first kappa shape index (κ1) is 12.3. The smallest absolute Gasteiger partial charge is 0.0791 e. The van der Waals surface area contributed by atoms with E-state index in [2.05, 4.69) is 10.2 Å². The molecule has 1 saturated carbocycles. The number of likely N-dealkylation sites (N-methyl/N-ethyl adjacent to an activating group) is 1. The van der Waals surface area contributed by atoms with Gasteiger partial charge in [0, 0.05) is 19.1 Å². The Labute approximate surface area is 99.2 Å². The summed E-state index contributed by atoms with van der Waals surface area (Å²) in [5.74, 6) is 0.921. The Morgan fingerprint density at radius 1 is 1.25 bits per heavy atom. The van der Waals surface area contributed by atoms with Crippen LogP contribution in [0.1, 0.15) is 38.5 Å². The molecule has 3 heteroatoms. The number of nitrogens with one attached hydrogen (secondary N) is 1. The molecule has 2 fully saturated rings. The number of fused-ring (bicyclic) bond motifs is 1. The lowest BCUT2D eigenvalue weighted by molar-refractivity contribution is 0.0218. The minimum absolute atomic E-state index is 0.203. The van der Waals surface area contributed by atoms with Gasteiger partial charge in [-0.15, -0.1) is 0 Å². The number of piperidine rings is 1. The molecule has 2 N–H and O–H groups in total. The molecule has 16 heavy (non-hydrogen) atoms. The average Bonchev–Trinajstić information content (AvgIpc) is 2.30. The summed E-state index contributed by atoms with van der Waals surface area (Å²) in [6.07, 6.45) is 8.14. The van der Waals surface area contributed by atoms with E-state index in [1.165, 1.54) is 45.1 Å². The first-order valence-electron chi connectivity index (χ1n) is 6.88. The van der Waals surface area contributed by atoms with Gasteiger partial charge in [0.25, 0.3) is 0 Å². The molecule has 0 spiro atoms. The van der Waals surface area contributed by atoms with Gasteiger partial charge >= 0.3 is 0 Å². The van der Waals surface area contributed by atoms with Crippen molar-refractivity contribution in [2.75, 3.05) is 26.7 Å². The van der Waals surface area contributed by atoms with Crippen LogP contribution in [0.25, 0.3) is 0 Å². The van der Waals surface area contributed by atoms with Crippen LogP contribution in [0.5, 0.6) is 0 Å². The zero-order valence-corrected chi connectivity index (χ0v) is 10.5. The van der Waals surface area contributed by atoms with Crippen molar-refractivity contribution in [3.63, 3.8) is 0 Å². The third kappa shape index (κ3) is 2.96. The molecule has 2 aliphatic rings. The second kappa shape index (κ2) is 5.99. The monoisotopic (exact) mass is 226 g/mol. The summed E-state index contributed by atoms with van der Waals surface area (Å²) in [6.45, 7) is 2.78. The second-order valence-corrected chi connectivity index (χ2v) is 5.46. The fourth-order valence-corrected chi connectivity index (χ4v) is 3.53. The molecule has 1 saturated heterocycles. The Morgan fingerprint density at radius 3 is 2.81 bits per heavy atom. The van der Waals surface area contributed by atoms with Crippen LogP contribution in [0.15, 0.2) is 0 Å². The number of likely N-dealkylation sites (tertiary alicyclic amines) is 1. The van der Waals surface area contributed by atoms with Crippen molar-refractivity contribution in [3.05, 3.63) is 0 Å². The lowest BCUT2D eigenvalue weighted by Gasteiger charge is -2.44. The molecule has 3 nitrogen and oxygen atoms in total. The maximum absolute atomic E-state index is 9.89. The maximum atomic E-state index is 9.89. The summed E-state index contributed by atoms with van der Waals surface area (Å²) in [7, 11) is 1.91. The molecule has 1 aliphatic carbocycles. The largest absolute Gasteiger partial charge is 0.390 e. The zero-order chi connectivity index (χ0) is 11.4. The second-order valence-electron chi connectivity index (χ2n) is 5.46. The number of aliphatic hydroxyl groups excluding tert-OH is 1. The van der Waals surface area contributed by atoms with Crippen molar-refractivity contribution >= 4 is 0 Å². The van der Waals surface area contributed by atoms with Crippen LogP contribution in [-0.2, 0) is 0 Å². The maximum Gasteiger partial charge on any atom is 0.0791 e. The number of hydrogen-bond acceptors (Lipinski definition) is 3. The molecule has 0 aromatic heterocycles. The van der Waals surface area contributed by atoms with Gasteiger partial charge in [-0.1, -0.05) is 12.8 Å². The van der Waals surface area contributed by atoms with Gasteiger partial charge in [-0.25, -0.2) is 0 Å². The van der Waals surface area contributed by atoms with Crippen LogP contribution in [-0.4, -0.2) is 48.8 Å². The molecule has 3 atom stereocenters. The average molecular weight is 226 g/mol. The van der Waals surface area contributed by atoms with E-state index in [4.69, 9.17) is 0 Å². The Hall–Kier alpha value is -0.120. The van der Waals surface area contributed by atoms with Gasteiger partial charge in [-0.3, -0.25) is 4.90 Å². The molecule has 0 aromatic carbocycles. The van der Waals surface area contributed by atoms with E-state index in [0.29, 0.717) is 6.54 Å². The Bertz CT molecular complexity index is 208. The van der Waals surface area contributed by atoms with Crippen molar-refractivity contribution < 1.29 is 5.11 Å². The van der Waals surface area contributed by atoms with Gasteiger partial charge in [0.2, 0.25) is 0 Å². The summed E-state index contributed by atoms with van der Waals surface area (Å²) in [6, 6.07) is 0.772. The normalized spacial score (nSPS) is 33.4. The minimum atomic E-state index is -0.203. The van der Waals surface area contributed by atoms with Crippen molar-refractivity contribution in [3.8, 4) is 0 Å². The highest BCUT2D eigenvalue weighted by Crippen LogP contribution is 2.35. The SMILES string of the molecule is CNCC(O)CN1CCC[C@H]2CCCC[C@H]21. The molecule has 1 aliphatic heterocycles. The summed E-state index contributed by atoms with van der Waals surface area (Å²) in [4.78, 5) is 2.55. The van der Waals surface area contributed by atoms with E-state index in [1.54, 1.807) is 0 Å². The molecule has 2 rings (SSSR count). The molecule has 0 amide bonds. The summed E-state index contributed by atoms with van der Waals surface area (Å²) < 4.78 is 0. The molecule has 0 aromatic rings. The highest BCUT2D eigenvalue weighted by atomic mass is 16.3. The third-order valence-corrected chi connectivity index (χ3v) is 4.24. The first-order chi connectivity index (χ1) is 7.81. The Kier molecular flexibility index (Phi) is 4.62. The number of rotatable bonds is 4. The van der Waals surface area contributed by atoms with E-state index in [0.717, 1.165) is 18.5 Å². The third-order valence-electron chi connectivity index (χ3n) is 4.24. The molecular weight excluding hydrogens is 200 g/mol. The summed E-state index contributed by atoms with van der Waals surface area (Å²) >= 11 is 0. The fourth-order valence-electron chi connectivity index (χ4n) is 3.53. The van der Waals surface area contributed by atoms with E-state index in [1.807, 2.05) is 7.05 Å². The number of nitrogens with zero attached hydrogens (tertiary/aromatic N) is 1. The van der Waals surface area contributed by atoms with Gasteiger partial charge < -0.3 is 10.4 Å². The van der Waals surface area contributed by atoms with Crippen LogP contribution in [0.3, 0.4) is 0 Å². The van der Waals surface area contributed by atoms with Crippen LogP contribution >= 0.6 is 0 Å². The van der Waals surface area contributed by atoms with Crippen molar-refractivity contribution in [2.24, 2.45) is 5.92 Å². The summed E-state index contributed by atoms with van der Waals surface area (Å²) in [5.41, 5.74) is 0. The molecular formula is C13H26N2O. The van der Waals surface area contributed by atoms with Crippen molar-refractivity contribution in [1.29, 1.82) is 0 Å². The molecule has 0 radical (unpaired) electrons. The van der Waals surface area contributed by atoms with Crippen molar-refractivity contribution in [1.82, 2.24) is 10.2 Å². The van der Waals surface area contributed by atoms with Gasteiger partial charge in [0.05, 0.1) is 6.10 Å². The van der Waals surface area contributed by atoms with Crippen LogP contribution in [0, 0.1) is 5.92 Å². The van der Waals surface area contributed by atoms with Crippen LogP contribution in [0.2, 0.25) is 0 Å². The predicted molar refractivity (Wildman–Crippen MR) is 66.5 cm³/mol. The topological polar surface area (TPSA) is 35.5 Å². The van der Waals surface area contributed by atoms with Gasteiger partial charge in [0.1, 0.15) is 0 Å². The summed E-state index contributed by atoms with van der Waals surface area (Å²) in [5, 5.41) is 12.9. The Balaban J connectivity index is 1.87. The predicted octanol–water partition coefficient (Wildman–Crippen LogP) is 1.22. The van der Waals surface area contributed by atoms with Crippen LogP contribution in [0.4, 0.5) is 0 Å². The number of aliphatic hydroxyl groups is 1. The zero-order valence-electron chi connectivity index (χ0n) is 10.5. The lowest BCUT2D eigenvalue weighted by Crippen LogP contribution is -2.50. The van der Waals surface area contributed by atoms with E-state index in [-0.39, 0.29) is 6.10 Å².